The van der Waals surface area contributed by atoms with Crippen LogP contribution in [0.5, 0.6) is 11.8 Å². The van der Waals surface area contributed by atoms with Gasteiger partial charge in [-0.15, -0.1) is 0 Å². The molecule has 5 nitrogen and oxygen atoms in total. The average molecular weight is 380 g/mol. The third-order valence-electron chi connectivity index (χ3n) is 4.53. The number of methoxy groups -OCH3 is 2. The average Bonchev–Trinajstić information content (AvgIpc) is 2.79. The highest BCUT2D eigenvalue weighted by molar-refractivity contribution is 5.96. The Morgan fingerprint density at radius 3 is 2.52 bits per heavy atom. The van der Waals surface area contributed by atoms with Crippen molar-refractivity contribution in [2.45, 2.75) is 25.7 Å². The number of amides is 1. The summed E-state index contributed by atoms with van der Waals surface area (Å²) in [6, 6.07) is 5.72. The Morgan fingerprint density at radius 2 is 1.89 bits per heavy atom. The van der Waals surface area contributed by atoms with Crippen LogP contribution < -0.4 is 14.4 Å². The van der Waals surface area contributed by atoms with Crippen molar-refractivity contribution in [2.24, 2.45) is 0 Å². The monoisotopic (exact) mass is 380 g/mol. The van der Waals surface area contributed by atoms with Crippen molar-refractivity contribution in [3.8, 4) is 11.8 Å². The molecule has 0 fully saturated rings. The first-order valence-corrected chi connectivity index (χ1v) is 8.34. The van der Waals surface area contributed by atoms with Crippen LogP contribution in [0.3, 0.4) is 0 Å². The molecule has 1 aromatic carbocycles. The Morgan fingerprint density at radius 1 is 1.19 bits per heavy atom. The number of hydrogen-bond donors (Lipinski definition) is 0. The van der Waals surface area contributed by atoms with Crippen molar-refractivity contribution < 1.29 is 27.4 Å². The van der Waals surface area contributed by atoms with E-state index in [1.165, 1.54) is 25.2 Å². The van der Waals surface area contributed by atoms with E-state index in [9.17, 15) is 18.0 Å². The lowest BCUT2D eigenvalue weighted by Gasteiger charge is -2.25. The van der Waals surface area contributed by atoms with Crippen LogP contribution in [0.1, 0.15) is 23.6 Å². The maximum atomic E-state index is 14.1. The first-order chi connectivity index (χ1) is 12.8. The van der Waals surface area contributed by atoms with Crippen LogP contribution in [0.15, 0.2) is 24.3 Å². The van der Waals surface area contributed by atoms with E-state index in [-0.39, 0.29) is 48.6 Å². The Balaban J connectivity index is 2.08. The van der Waals surface area contributed by atoms with Crippen molar-refractivity contribution in [1.29, 1.82) is 0 Å². The summed E-state index contributed by atoms with van der Waals surface area (Å²) >= 11 is 0. The van der Waals surface area contributed by atoms with Crippen LogP contribution in [-0.4, -0.2) is 31.7 Å². The number of carbonyl (C=O) groups excluding carboxylic acids is 1. The van der Waals surface area contributed by atoms with Crippen LogP contribution in [0.25, 0.3) is 0 Å². The van der Waals surface area contributed by atoms with Gasteiger partial charge in [0.2, 0.25) is 17.7 Å². The summed E-state index contributed by atoms with van der Waals surface area (Å²) in [7, 11) is 2.55. The molecule has 0 radical (unpaired) electrons. The molecule has 0 aliphatic carbocycles. The predicted molar refractivity (Wildman–Crippen MR) is 93.1 cm³/mol. The van der Waals surface area contributed by atoms with Crippen LogP contribution in [-0.2, 0) is 23.6 Å². The maximum absolute atomic E-state index is 14.1. The molecule has 2 heterocycles. The molecule has 0 spiro atoms. The van der Waals surface area contributed by atoms with Crippen molar-refractivity contribution in [3.05, 3.63) is 46.8 Å². The molecule has 2 aromatic rings. The minimum absolute atomic E-state index is 0.0142. The molecule has 0 atom stereocenters. The standard InChI is InChI=1S/C19H19F3N2O3/c1-19(21,22)13-10-15(18(27-3)23-17(13)26-2)24-8-7-12-11(9-16(24)25)5-4-6-14(12)20/h4-6,10H,7-9H2,1-3H3. The molecule has 0 saturated heterocycles. The van der Waals surface area contributed by atoms with Gasteiger partial charge in [-0.3, -0.25) is 4.79 Å². The van der Waals surface area contributed by atoms with Gasteiger partial charge in [0.1, 0.15) is 11.5 Å². The number of nitrogens with zero attached hydrogens (tertiary/aromatic N) is 2. The van der Waals surface area contributed by atoms with Gasteiger partial charge >= 0.3 is 0 Å². The van der Waals surface area contributed by atoms with Gasteiger partial charge in [0.05, 0.1) is 26.2 Å². The molecule has 1 aromatic heterocycles. The molecule has 1 aliphatic rings. The summed E-state index contributed by atoms with van der Waals surface area (Å²) in [5.41, 5.74) is 0.688. The molecule has 0 N–H and O–H groups in total. The minimum Gasteiger partial charge on any atom is -0.481 e. The maximum Gasteiger partial charge on any atom is 0.275 e. The van der Waals surface area contributed by atoms with Crippen molar-refractivity contribution >= 4 is 11.6 Å². The normalized spacial score (nSPS) is 14.6. The zero-order valence-corrected chi connectivity index (χ0v) is 15.2. The number of halogens is 3. The molecule has 3 rings (SSSR count). The SMILES string of the molecule is COc1nc(OC)c(C(C)(F)F)cc1N1CCc2c(F)cccc2CC1=O. The number of benzene rings is 1. The summed E-state index contributed by atoms with van der Waals surface area (Å²) in [4.78, 5) is 18.1. The van der Waals surface area contributed by atoms with Gasteiger partial charge in [-0.2, -0.15) is 4.98 Å². The quantitative estimate of drug-likeness (QED) is 0.815. The molecule has 144 valence electrons. The van der Waals surface area contributed by atoms with E-state index in [1.54, 1.807) is 12.1 Å². The lowest BCUT2D eigenvalue weighted by molar-refractivity contribution is -0.117. The molecule has 0 bridgehead atoms. The number of pyridine rings is 1. The summed E-state index contributed by atoms with van der Waals surface area (Å²) < 4.78 is 52.3. The fourth-order valence-electron chi connectivity index (χ4n) is 3.19. The van der Waals surface area contributed by atoms with Gasteiger partial charge in [-0.1, -0.05) is 12.1 Å². The molecule has 1 aliphatic heterocycles. The van der Waals surface area contributed by atoms with E-state index < -0.39 is 11.5 Å². The first kappa shape index (κ1) is 19.0. The lowest BCUT2D eigenvalue weighted by atomic mass is 10.0. The largest absolute Gasteiger partial charge is 0.481 e. The number of ether oxygens (including phenoxy) is 2. The van der Waals surface area contributed by atoms with Crippen LogP contribution in [0.2, 0.25) is 0 Å². The van der Waals surface area contributed by atoms with E-state index in [1.807, 2.05) is 0 Å². The van der Waals surface area contributed by atoms with Crippen LogP contribution in [0.4, 0.5) is 18.9 Å². The van der Waals surface area contributed by atoms with E-state index >= 15 is 0 Å². The zero-order chi connectivity index (χ0) is 19.8. The zero-order valence-electron chi connectivity index (χ0n) is 15.2. The second kappa shape index (κ2) is 7.09. The summed E-state index contributed by atoms with van der Waals surface area (Å²) in [6.45, 7) is 0.837. The molecular formula is C19H19F3N2O3. The second-order valence-corrected chi connectivity index (χ2v) is 6.31. The van der Waals surface area contributed by atoms with Gasteiger partial charge in [0.25, 0.3) is 5.92 Å². The van der Waals surface area contributed by atoms with Crippen LogP contribution >= 0.6 is 0 Å². The molecule has 0 saturated carbocycles. The predicted octanol–water partition coefficient (Wildman–Crippen LogP) is 3.48. The number of alkyl halides is 2. The molecule has 0 unspecified atom stereocenters. The second-order valence-electron chi connectivity index (χ2n) is 6.31. The number of hydrogen-bond acceptors (Lipinski definition) is 4. The lowest BCUT2D eigenvalue weighted by Crippen LogP contribution is -2.33. The van der Waals surface area contributed by atoms with E-state index in [2.05, 4.69) is 4.98 Å². The summed E-state index contributed by atoms with van der Waals surface area (Å²) in [5.74, 6) is -4.26. The van der Waals surface area contributed by atoms with E-state index in [0.29, 0.717) is 11.1 Å². The molecule has 1 amide bonds. The van der Waals surface area contributed by atoms with Gasteiger partial charge in [-0.25, -0.2) is 13.2 Å². The Bertz CT molecular complexity index is 881. The highest BCUT2D eigenvalue weighted by Crippen LogP contribution is 2.40. The van der Waals surface area contributed by atoms with E-state index in [4.69, 9.17) is 9.47 Å². The number of fused-ring (bicyclic) bond motifs is 1. The number of anilines is 1. The highest BCUT2D eigenvalue weighted by atomic mass is 19.3. The van der Waals surface area contributed by atoms with Crippen molar-refractivity contribution in [1.82, 2.24) is 4.98 Å². The van der Waals surface area contributed by atoms with Gasteiger partial charge < -0.3 is 14.4 Å². The smallest absolute Gasteiger partial charge is 0.275 e. The van der Waals surface area contributed by atoms with Gasteiger partial charge in [-0.05, 0) is 29.7 Å². The third-order valence-corrected chi connectivity index (χ3v) is 4.53. The highest BCUT2D eigenvalue weighted by Gasteiger charge is 2.34. The summed E-state index contributed by atoms with van der Waals surface area (Å²) in [6.07, 6.45) is 0.209. The molecule has 27 heavy (non-hydrogen) atoms. The molecular weight excluding hydrogens is 361 g/mol. The Labute approximate surface area is 154 Å². The van der Waals surface area contributed by atoms with Crippen molar-refractivity contribution in [2.75, 3.05) is 25.7 Å². The first-order valence-electron chi connectivity index (χ1n) is 8.34. The van der Waals surface area contributed by atoms with Gasteiger partial charge in [0.15, 0.2) is 0 Å². The van der Waals surface area contributed by atoms with Crippen LogP contribution in [0, 0.1) is 5.82 Å². The third kappa shape index (κ3) is 3.56. The van der Waals surface area contributed by atoms with Crippen molar-refractivity contribution in [3.63, 3.8) is 0 Å². The fourth-order valence-corrected chi connectivity index (χ4v) is 3.19. The number of carbonyl (C=O) groups is 1. The van der Waals surface area contributed by atoms with Gasteiger partial charge in [0, 0.05) is 13.5 Å². The number of aromatic nitrogens is 1. The fraction of sp³-hybridized carbons (Fsp3) is 0.368. The Hall–Kier alpha value is -2.77. The van der Waals surface area contributed by atoms with E-state index in [0.717, 1.165) is 13.0 Å². The topological polar surface area (TPSA) is 51.7 Å². The Kier molecular flexibility index (Phi) is 4.99. The minimum atomic E-state index is -3.23. The molecule has 8 heteroatoms. The summed E-state index contributed by atoms with van der Waals surface area (Å²) in [5, 5.41) is 0. The number of rotatable bonds is 4.